The molecule has 6 nitrogen and oxygen atoms in total. The highest BCUT2D eigenvalue weighted by molar-refractivity contribution is 5.92. The summed E-state index contributed by atoms with van der Waals surface area (Å²) in [5.74, 6) is -2.14. The van der Waals surface area contributed by atoms with Crippen LogP contribution in [0, 0.1) is 0 Å². The summed E-state index contributed by atoms with van der Waals surface area (Å²) in [6.07, 6.45) is 0.185. The Labute approximate surface area is 99.5 Å². The van der Waals surface area contributed by atoms with Crippen molar-refractivity contribution >= 4 is 11.9 Å². The predicted molar refractivity (Wildman–Crippen MR) is 58.6 cm³/mol. The highest BCUT2D eigenvalue weighted by Gasteiger charge is 2.19. The van der Waals surface area contributed by atoms with Crippen molar-refractivity contribution in [2.75, 3.05) is 7.11 Å². The van der Waals surface area contributed by atoms with Gasteiger partial charge in [0.05, 0.1) is 6.10 Å². The minimum Gasteiger partial charge on any atom is -0.430 e. The van der Waals surface area contributed by atoms with Crippen molar-refractivity contribution < 1.29 is 28.9 Å². The average molecular weight is 244 g/mol. The molecule has 0 heterocycles. The molecule has 17 heavy (non-hydrogen) atoms. The first kappa shape index (κ1) is 15.3. The van der Waals surface area contributed by atoms with Gasteiger partial charge in [0.1, 0.15) is 0 Å². The van der Waals surface area contributed by atoms with Crippen LogP contribution in [0.4, 0.5) is 0 Å². The van der Waals surface area contributed by atoms with Crippen LogP contribution in [-0.4, -0.2) is 36.5 Å². The molecule has 0 saturated heterocycles. The fourth-order valence-corrected chi connectivity index (χ4v) is 0.770. The normalized spacial score (nSPS) is 14.7. The lowest BCUT2D eigenvalue weighted by Crippen LogP contribution is -2.21. The molecule has 0 amide bonds. The zero-order valence-electron chi connectivity index (χ0n) is 10.0. The van der Waals surface area contributed by atoms with Crippen LogP contribution in [0.25, 0.3) is 0 Å². The van der Waals surface area contributed by atoms with Gasteiger partial charge >= 0.3 is 11.9 Å². The number of ether oxygens (including phenoxy) is 3. The van der Waals surface area contributed by atoms with E-state index in [9.17, 15) is 9.59 Å². The van der Waals surface area contributed by atoms with Crippen LogP contribution < -0.4 is 0 Å². The summed E-state index contributed by atoms with van der Waals surface area (Å²) in [6.45, 7) is 6.08. The van der Waals surface area contributed by atoms with Gasteiger partial charge in [-0.1, -0.05) is 6.58 Å². The topological polar surface area (TPSA) is 82.1 Å². The molecule has 0 aromatic carbocycles. The summed E-state index contributed by atoms with van der Waals surface area (Å²) in [7, 11) is 1.35. The number of carbonyl (C=O) groups is 2. The van der Waals surface area contributed by atoms with Crippen LogP contribution in [-0.2, 0) is 23.8 Å². The number of esters is 2. The standard InChI is InChI=1S/C11H16O6/c1-5-10(13)17-9(6-7(2)12)11(14)16-8(3)15-4/h5-8,12H,1H2,2-4H3/b9-6-. The molecule has 0 saturated carbocycles. The smallest absolute Gasteiger partial charge is 0.376 e. The third-order valence-corrected chi connectivity index (χ3v) is 1.58. The van der Waals surface area contributed by atoms with Crippen LogP contribution in [0.5, 0.6) is 0 Å². The molecular formula is C11H16O6. The Bertz CT molecular complexity index is 318. The summed E-state index contributed by atoms with van der Waals surface area (Å²) < 4.78 is 14.1. The Hall–Kier alpha value is -1.66. The molecule has 96 valence electrons. The molecule has 0 fully saturated rings. The highest BCUT2D eigenvalue weighted by Crippen LogP contribution is 2.06. The number of rotatable bonds is 6. The largest absolute Gasteiger partial charge is 0.430 e. The number of methoxy groups -OCH3 is 1. The first-order valence-electron chi connectivity index (χ1n) is 4.88. The third-order valence-electron chi connectivity index (χ3n) is 1.58. The van der Waals surface area contributed by atoms with E-state index in [-0.39, 0.29) is 0 Å². The van der Waals surface area contributed by atoms with E-state index in [0.29, 0.717) is 0 Å². The first-order chi connectivity index (χ1) is 7.90. The molecule has 0 bridgehead atoms. The SMILES string of the molecule is C=CC(=O)O/C(=C\C(C)O)C(=O)OC(C)OC. The van der Waals surface area contributed by atoms with Crippen molar-refractivity contribution in [3.63, 3.8) is 0 Å². The number of carbonyl (C=O) groups excluding carboxylic acids is 2. The maximum absolute atomic E-state index is 11.5. The number of aliphatic hydroxyl groups is 1. The van der Waals surface area contributed by atoms with E-state index >= 15 is 0 Å². The fraction of sp³-hybridized carbons (Fsp3) is 0.455. The van der Waals surface area contributed by atoms with Gasteiger partial charge in [0.15, 0.2) is 6.29 Å². The van der Waals surface area contributed by atoms with E-state index in [4.69, 9.17) is 14.6 Å². The summed E-state index contributed by atoms with van der Waals surface area (Å²) in [6, 6.07) is 0. The molecule has 0 radical (unpaired) electrons. The zero-order valence-corrected chi connectivity index (χ0v) is 10.0. The van der Waals surface area contributed by atoms with E-state index < -0.39 is 30.1 Å². The van der Waals surface area contributed by atoms with Crippen LogP contribution in [0.3, 0.4) is 0 Å². The Kier molecular flexibility index (Phi) is 6.85. The molecule has 0 rings (SSSR count). The Morgan fingerprint density at radius 3 is 2.35 bits per heavy atom. The number of hydrogen-bond acceptors (Lipinski definition) is 6. The Morgan fingerprint density at radius 2 is 1.94 bits per heavy atom. The van der Waals surface area contributed by atoms with Crippen molar-refractivity contribution in [1.29, 1.82) is 0 Å². The van der Waals surface area contributed by atoms with Gasteiger partial charge in [0.2, 0.25) is 5.76 Å². The van der Waals surface area contributed by atoms with Gasteiger partial charge in [0, 0.05) is 13.2 Å². The second-order valence-corrected chi connectivity index (χ2v) is 3.11. The lowest BCUT2D eigenvalue weighted by molar-refractivity contribution is -0.170. The summed E-state index contributed by atoms with van der Waals surface area (Å²) in [4.78, 5) is 22.5. The zero-order chi connectivity index (χ0) is 13.4. The Morgan fingerprint density at radius 1 is 1.35 bits per heavy atom. The van der Waals surface area contributed by atoms with Gasteiger partial charge in [-0.3, -0.25) is 0 Å². The van der Waals surface area contributed by atoms with E-state index in [2.05, 4.69) is 11.3 Å². The second kappa shape index (κ2) is 7.59. The van der Waals surface area contributed by atoms with Gasteiger partial charge in [-0.15, -0.1) is 0 Å². The first-order valence-corrected chi connectivity index (χ1v) is 4.88. The number of hydrogen-bond donors (Lipinski definition) is 1. The molecule has 2 atom stereocenters. The maximum atomic E-state index is 11.5. The Balaban J connectivity index is 4.74. The van der Waals surface area contributed by atoms with Crippen molar-refractivity contribution in [2.45, 2.75) is 26.2 Å². The van der Waals surface area contributed by atoms with Gasteiger partial charge < -0.3 is 19.3 Å². The highest BCUT2D eigenvalue weighted by atomic mass is 16.7. The minimum absolute atomic E-state index is 0.409. The van der Waals surface area contributed by atoms with E-state index in [0.717, 1.165) is 12.2 Å². The second-order valence-electron chi connectivity index (χ2n) is 3.11. The van der Waals surface area contributed by atoms with E-state index in [1.54, 1.807) is 0 Å². The fourth-order valence-electron chi connectivity index (χ4n) is 0.770. The summed E-state index contributed by atoms with van der Waals surface area (Å²) >= 11 is 0. The maximum Gasteiger partial charge on any atom is 0.376 e. The van der Waals surface area contributed by atoms with Crippen molar-refractivity contribution in [3.8, 4) is 0 Å². The lowest BCUT2D eigenvalue weighted by atomic mass is 10.3. The summed E-state index contributed by atoms with van der Waals surface area (Å²) in [5.41, 5.74) is 0. The molecule has 0 aliphatic heterocycles. The van der Waals surface area contributed by atoms with Crippen LogP contribution >= 0.6 is 0 Å². The third kappa shape index (κ3) is 6.49. The summed E-state index contributed by atoms with van der Waals surface area (Å²) in [5, 5.41) is 9.12. The minimum atomic E-state index is -0.965. The molecule has 6 heteroatoms. The molecule has 0 aromatic rings. The van der Waals surface area contributed by atoms with Gasteiger partial charge in [-0.05, 0) is 19.9 Å². The quantitative estimate of drug-likeness (QED) is 0.317. The van der Waals surface area contributed by atoms with Crippen LogP contribution in [0.15, 0.2) is 24.5 Å². The molecule has 0 aliphatic carbocycles. The molecular weight excluding hydrogens is 228 g/mol. The molecule has 0 aliphatic rings. The monoisotopic (exact) mass is 244 g/mol. The van der Waals surface area contributed by atoms with Crippen molar-refractivity contribution in [1.82, 2.24) is 0 Å². The van der Waals surface area contributed by atoms with Crippen LogP contribution in [0.1, 0.15) is 13.8 Å². The molecule has 1 N–H and O–H groups in total. The molecule has 0 spiro atoms. The average Bonchev–Trinajstić information content (AvgIpc) is 2.26. The van der Waals surface area contributed by atoms with Crippen LogP contribution in [0.2, 0.25) is 0 Å². The molecule has 0 aromatic heterocycles. The van der Waals surface area contributed by atoms with Gasteiger partial charge in [-0.25, -0.2) is 9.59 Å². The molecule has 2 unspecified atom stereocenters. The van der Waals surface area contributed by atoms with Crippen molar-refractivity contribution in [3.05, 3.63) is 24.5 Å². The van der Waals surface area contributed by atoms with Crippen molar-refractivity contribution in [2.24, 2.45) is 0 Å². The predicted octanol–water partition coefficient (Wildman–Crippen LogP) is 0.516. The lowest BCUT2D eigenvalue weighted by Gasteiger charge is -2.13. The van der Waals surface area contributed by atoms with E-state index in [1.165, 1.54) is 21.0 Å². The van der Waals surface area contributed by atoms with Gasteiger partial charge in [-0.2, -0.15) is 0 Å². The van der Waals surface area contributed by atoms with Gasteiger partial charge in [0.25, 0.3) is 0 Å². The van der Waals surface area contributed by atoms with E-state index in [1.807, 2.05) is 0 Å². The number of aliphatic hydroxyl groups excluding tert-OH is 1.